The van der Waals surface area contributed by atoms with E-state index in [2.05, 4.69) is 42.4 Å². The van der Waals surface area contributed by atoms with Gasteiger partial charge in [-0.3, -0.25) is 5.32 Å². The van der Waals surface area contributed by atoms with Crippen molar-refractivity contribution in [3.63, 3.8) is 0 Å². The van der Waals surface area contributed by atoms with E-state index in [-0.39, 0.29) is 0 Å². The number of aromatic nitrogens is 2. The number of hydrogen-bond acceptors (Lipinski definition) is 7. The molecule has 118 valence electrons. The van der Waals surface area contributed by atoms with Gasteiger partial charge in [-0.2, -0.15) is 5.26 Å². The van der Waals surface area contributed by atoms with Gasteiger partial charge in [0, 0.05) is 25.9 Å². The molecule has 7 heteroatoms. The van der Waals surface area contributed by atoms with E-state index in [4.69, 9.17) is 0 Å². The van der Waals surface area contributed by atoms with Crippen molar-refractivity contribution in [1.82, 2.24) is 15.5 Å². The van der Waals surface area contributed by atoms with Gasteiger partial charge in [-0.1, -0.05) is 30.0 Å². The quantitative estimate of drug-likeness (QED) is 0.555. The molecule has 0 aliphatic carbocycles. The fourth-order valence-electron chi connectivity index (χ4n) is 2.05. The summed E-state index contributed by atoms with van der Waals surface area (Å²) in [5, 5.41) is 22.1. The van der Waals surface area contributed by atoms with Gasteiger partial charge >= 0.3 is 0 Å². The lowest BCUT2D eigenvalue weighted by atomic mass is 9.91. The highest BCUT2D eigenvalue weighted by Crippen LogP contribution is 2.28. The van der Waals surface area contributed by atoms with Crippen molar-refractivity contribution < 1.29 is 0 Å². The molecule has 0 aromatic carbocycles. The summed E-state index contributed by atoms with van der Waals surface area (Å²) in [5.74, 6) is 0.964. The first kappa shape index (κ1) is 18.2. The number of rotatable bonds is 9. The van der Waals surface area contributed by atoms with Crippen molar-refractivity contribution in [3.05, 3.63) is 0 Å². The van der Waals surface area contributed by atoms with Gasteiger partial charge in [-0.25, -0.2) is 0 Å². The van der Waals surface area contributed by atoms with E-state index in [1.807, 2.05) is 19.0 Å². The molecule has 0 spiro atoms. The molecule has 1 heterocycles. The molecule has 0 saturated carbocycles. The second-order valence-electron chi connectivity index (χ2n) is 5.54. The van der Waals surface area contributed by atoms with Crippen LogP contribution in [-0.4, -0.2) is 41.6 Å². The van der Waals surface area contributed by atoms with Crippen LogP contribution >= 0.6 is 23.1 Å². The van der Waals surface area contributed by atoms with Crippen LogP contribution in [0.1, 0.15) is 40.0 Å². The van der Waals surface area contributed by atoms with Crippen LogP contribution in [0, 0.1) is 11.3 Å². The summed E-state index contributed by atoms with van der Waals surface area (Å²) in [5.41, 5.74) is -0.398. The monoisotopic (exact) mass is 327 g/mol. The van der Waals surface area contributed by atoms with Crippen LogP contribution in [0.2, 0.25) is 0 Å². The standard InChI is InChI=1S/C14H25N5S2/c1-6-14(10-15,16-11(2)3)8-7-9-20-13-18-17-12(21-13)19(4)5/h11,16H,6-9H2,1-5H3. The summed E-state index contributed by atoms with van der Waals surface area (Å²) >= 11 is 3.33. The number of nitrogens with zero attached hydrogens (tertiary/aromatic N) is 4. The third-order valence-electron chi connectivity index (χ3n) is 3.13. The molecule has 21 heavy (non-hydrogen) atoms. The molecule has 1 atom stereocenters. The Balaban J connectivity index is 2.42. The molecule has 1 N–H and O–H groups in total. The van der Waals surface area contributed by atoms with E-state index in [0.717, 1.165) is 34.5 Å². The molecule has 0 amide bonds. The molecule has 5 nitrogen and oxygen atoms in total. The average Bonchev–Trinajstić information content (AvgIpc) is 2.91. The van der Waals surface area contributed by atoms with Crippen LogP contribution in [-0.2, 0) is 0 Å². The van der Waals surface area contributed by atoms with Crippen molar-refractivity contribution in [2.75, 3.05) is 24.7 Å². The maximum atomic E-state index is 9.46. The van der Waals surface area contributed by atoms with Crippen LogP contribution in [0.4, 0.5) is 5.13 Å². The van der Waals surface area contributed by atoms with Crippen molar-refractivity contribution in [2.24, 2.45) is 0 Å². The molecule has 1 unspecified atom stereocenters. The van der Waals surface area contributed by atoms with Gasteiger partial charge in [0.25, 0.3) is 0 Å². The Morgan fingerprint density at radius 3 is 2.62 bits per heavy atom. The van der Waals surface area contributed by atoms with E-state index < -0.39 is 5.54 Å². The highest BCUT2D eigenvalue weighted by Gasteiger charge is 2.27. The Morgan fingerprint density at radius 2 is 2.14 bits per heavy atom. The number of hydrogen-bond donors (Lipinski definition) is 1. The van der Waals surface area contributed by atoms with Crippen molar-refractivity contribution in [2.45, 2.75) is 56.0 Å². The number of nitrogens with one attached hydrogen (secondary N) is 1. The number of thioether (sulfide) groups is 1. The maximum absolute atomic E-state index is 9.46. The van der Waals surface area contributed by atoms with E-state index in [1.165, 1.54) is 0 Å². The zero-order valence-electron chi connectivity index (χ0n) is 13.5. The largest absolute Gasteiger partial charge is 0.353 e. The molecular weight excluding hydrogens is 302 g/mol. The van der Waals surface area contributed by atoms with Crippen LogP contribution < -0.4 is 10.2 Å². The fraction of sp³-hybridized carbons (Fsp3) is 0.786. The first-order valence-corrected chi connectivity index (χ1v) is 9.05. The Hall–Kier alpha value is -0.840. The van der Waals surface area contributed by atoms with E-state index >= 15 is 0 Å². The van der Waals surface area contributed by atoms with Crippen LogP contribution in [0.15, 0.2) is 4.34 Å². The number of nitriles is 1. The highest BCUT2D eigenvalue weighted by atomic mass is 32.2. The van der Waals surface area contributed by atoms with E-state index in [9.17, 15) is 5.26 Å². The summed E-state index contributed by atoms with van der Waals surface area (Å²) in [6.07, 6.45) is 2.68. The fourth-order valence-corrected chi connectivity index (χ4v) is 3.82. The lowest BCUT2D eigenvalue weighted by molar-refractivity contribution is 0.341. The minimum absolute atomic E-state index is 0.322. The summed E-state index contributed by atoms with van der Waals surface area (Å²) in [6, 6.07) is 2.78. The third kappa shape index (κ3) is 5.81. The summed E-state index contributed by atoms with van der Waals surface area (Å²) in [7, 11) is 3.93. The topological polar surface area (TPSA) is 64.8 Å². The molecule has 1 aromatic heterocycles. The molecule has 0 aliphatic heterocycles. The van der Waals surface area contributed by atoms with E-state index in [1.54, 1.807) is 23.1 Å². The van der Waals surface area contributed by atoms with Crippen molar-refractivity contribution in [1.29, 1.82) is 5.26 Å². The molecule has 0 saturated heterocycles. The molecular formula is C14H25N5S2. The zero-order chi connectivity index (χ0) is 15.9. The molecule has 1 rings (SSSR count). The Morgan fingerprint density at radius 1 is 1.43 bits per heavy atom. The lowest BCUT2D eigenvalue weighted by Crippen LogP contribution is -2.47. The van der Waals surface area contributed by atoms with Gasteiger partial charge in [0.15, 0.2) is 4.34 Å². The highest BCUT2D eigenvalue weighted by molar-refractivity contribution is 8.01. The first-order chi connectivity index (χ1) is 9.92. The lowest BCUT2D eigenvalue weighted by Gasteiger charge is -2.29. The summed E-state index contributed by atoms with van der Waals surface area (Å²) in [4.78, 5) is 1.96. The third-order valence-corrected chi connectivity index (χ3v) is 5.44. The van der Waals surface area contributed by atoms with Gasteiger partial charge in [0.2, 0.25) is 5.13 Å². The normalized spacial score (nSPS) is 14.0. The predicted octanol–water partition coefficient (Wildman–Crippen LogP) is 3.15. The maximum Gasteiger partial charge on any atom is 0.208 e. The smallest absolute Gasteiger partial charge is 0.208 e. The molecule has 0 radical (unpaired) electrons. The minimum atomic E-state index is -0.398. The van der Waals surface area contributed by atoms with Gasteiger partial charge in [-0.05, 0) is 33.1 Å². The van der Waals surface area contributed by atoms with Gasteiger partial charge < -0.3 is 4.90 Å². The van der Waals surface area contributed by atoms with E-state index in [0.29, 0.717) is 6.04 Å². The zero-order valence-corrected chi connectivity index (χ0v) is 15.1. The molecule has 1 aromatic rings. The van der Waals surface area contributed by atoms with Crippen LogP contribution in [0.5, 0.6) is 0 Å². The van der Waals surface area contributed by atoms with Gasteiger partial charge in [0.05, 0.1) is 6.07 Å². The second-order valence-corrected chi connectivity index (χ2v) is 7.84. The Labute approximate surface area is 136 Å². The van der Waals surface area contributed by atoms with Gasteiger partial charge in [-0.15, -0.1) is 10.2 Å². The number of anilines is 1. The molecule has 0 bridgehead atoms. The minimum Gasteiger partial charge on any atom is -0.353 e. The molecule has 0 aliphatic rings. The molecule has 0 fully saturated rings. The average molecular weight is 328 g/mol. The van der Waals surface area contributed by atoms with Crippen LogP contribution in [0.3, 0.4) is 0 Å². The Bertz CT molecular complexity index is 466. The second kappa shape index (κ2) is 8.57. The van der Waals surface area contributed by atoms with Crippen LogP contribution in [0.25, 0.3) is 0 Å². The Kier molecular flexibility index (Phi) is 7.43. The predicted molar refractivity (Wildman–Crippen MR) is 91.1 cm³/mol. The SMILES string of the molecule is CCC(C#N)(CCCSc1nnc(N(C)C)s1)NC(C)C. The summed E-state index contributed by atoms with van der Waals surface area (Å²) in [6.45, 7) is 6.24. The van der Waals surface area contributed by atoms with Crippen molar-refractivity contribution in [3.8, 4) is 6.07 Å². The summed E-state index contributed by atoms with van der Waals surface area (Å²) < 4.78 is 0.995. The first-order valence-electron chi connectivity index (χ1n) is 7.25. The van der Waals surface area contributed by atoms with Crippen molar-refractivity contribution >= 4 is 28.2 Å². The van der Waals surface area contributed by atoms with Gasteiger partial charge in [0.1, 0.15) is 5.54 Å².